The number of aliphatic hydroxyl groups excluding tert-OH is 2. The maximum atomic E-state index is 9.50. The highest BCUT2D eigenvalue weighted by Gasteiger charge is 2.12. The van der Waals surface area contributed by atoms with E-state index in [1.807, 2.05) is 14.0 Å². The fraction of sp³-hybridized carbons (Fsp3) is 0.625. The topological polar surface area (TPSA) is 58.3 Å². The summed E-state index contributed by atoms with van der Waals surface area (Å²) in [5.74, 6) is 0. The molecule has 1 aromatic heterocycles. The molecular weight excluding hydrogens is 156 g/mol. The molecule has 1 unspecified atom stereocenters. The molecule has 1 rings (SSSR count). The fourth-order valence-corrected chi connectivity index (χ4v) is 1.22. The van der Waals surface area contributed by atoms with Crippen molar-refractivity contribution in [3.05, 3.63) is 17.5 Å². The minimum atomic E-state index is -0.594. The zero-order valence-electron chi connectivity index (χ0n) is 7.36. The maximum Gasteiger partial charge on any atom is 0.0845 e. The predicted molar refractivity (Wildman–Crippen MR) is 44.6 cm³/mol. The summed E-state index contributed by atoms with van der Waals surface area (Å²) in [6.07, 6.45) is 1.55. The molecular formula is C8H14N2O2. The van der Waals surface area contributed by atoms with Gasteiger partial charge in [-0.25, -0.2) is 0 Å². The number of hydrogen-bond donors (Lipinski definition) is 2. The van der Waals surface area contributed by atoms with Gasteiger partial charge in [0.15, 0.2) is 0 Å². The highest BCUT2D eigenvalue weighted by molar-refractivity contribution is 5.18. The SMILES string of the molecule is Cc1nn(C)cc1C(O)CCO. The van der Waals surface area contributed by atoms with Gasteiger partial charge in [0, 0.05) is 31.8 Å². The molecule has 1 aromatic rings. The molecule has 0 aliphatic heterocycles. The molecule has 0 radical (unpaired) electrons. The number of rotatable bonds is 3. The van der Waals surface area contributed by atoms with E-state index < -0.39 is 6.10 Å². The minimum Gasteiger partial charge on any atom is -0.396 e. The molecule has 0 aliphatic carbocycles. The van der Waals surface area contributed by atoms with E-state index in [1.165, 1.54) is 0 Å². The third kappa shape index (κ3) is 1.84. The van der Waals surface area contributed by atoms with Gasteiger partial charge in [0.05, 0.1) is 11.8 Å². The summed E-state index contributed by atoms with van der Waals surface area (Å²) < 4.78 is 1.66. The Morgan fingerprint density at radius 1 is 1.67 bits per heavy atom. The Labute approximate surface area is 71.5 Å². The second-order valence-electron chi connectivity index (χ2n) is 2.87. The molecule has 0 aliphatic rings. The number of aromatic nitrogens is 2. The molecule has 0 spiro atoms. The Morgan fingerprint density at radius 2 is 2.33 bits per heavy atom. The normalized spacial score (nSPS) is 13.3. The van der Waals surface area contributed by atoms with Gasteiger partial charge in [0.25, 0.3) is 0 Å². The number of aliphatic hydroxyl groups is 2. The van der Waals surface area contributed by atoms with Gasteiger partial charge in [0.1, 0.15) is 0 Å². The van der Waals surface area contributed by atoms with Crippen LogP contribution in [0, 0.1) is 6.92 Å². The molecule has 1 atom stereocenters. The molecule has 0 saturated heterocycles. The Balaban J connectivity index is 2.79. The highest BCUT2D eigenvalue weighted by Crippen LogP contribution is 2.18. The van der Waals surface area contributed by atoms with Crippen molar-refractivity contribution in [3.63, 3.8) is 0 Å². The van der Waals surface area contributed by atoms with Crippen LogP contribution in [-0.2, 0) is 7.05 Å². The number of hydrogen-bond acceptors (Lipinski definition) is 3. The lowest BCUT2D eigenvalue weighted by atomic mass is 10.1. The standard InChI is InChI=1S/C8H14N2O2/c1-6-7(5-10(2)9-6)8(12)3-4-11/h5,8,11-12H,3-4H2,1-2H3. The first-order valence-corrected chi connectivity index (χ1v) is 3.94. The van der Waals surface area contributed by atoms with Gasteiger partial charge in [-0.3, -0.25) is 4.68 Å². The molecule has 4 heteroatoms. The maximum absolute atomic E-state index is 9.50. The second kappa shape index (κ2) is 3.69. The van der Waals surface area contributed by atoms with Crippen LogP contribution in [0.5, 0.6) is 0 Å². The zero-order chi connectivity index (χ0) is 9.14. The molecule has 0 fully saturated rings. The van der Waals surface area contributed by atoms with E-state index in [4.69, 9.17) is 5.11 Å². The minimum absolute atomic E-state index is 0.00446. The molecule has 12 heavy (non-hydrogen) atoms. The molecule has 4 nitrogen and oxygen atoms in total. The van der Waals surface area contributed by atoms with Crippen LogP contribution in [0.25, 0.3) is 0 Å². The summed E-state index contributed by atoms with van der Waals surface area (Å²) in [7, 11) is 1.81. The van der Waals surface area contributed by atoms with Crippen LogP contribution in [-0.4, -0.2) is 26.6 Å². The Kier molecular flexibility index (Phi) is 2.83. The van der Waals surface area contributed by atoms with Gasteiger partial charge in [0.2, 0.25) is 0 Å². The van der Waals surface area contributed by atoms with E-state index in [9.17, 15) is 5.11 Å². The first kappa shape index (κ1) is 9.22. The fourth-order valence-electron chi connectivity index (χ4n) is 1.22. The Hall–Kier alpha value is -0.870. The zero-order valence-corrected chi connectivity index (χ0v) is 7.36. The monoisotopic (exact) mass is 170 g/mol. The van der Waals surface area contributed by atoms with E-state index in [2.05, 4.69) is 5.10 Å². The molecule has 0 aromatic carbocycles. The number of nitrogens with zero attached hydrogens (tertiary/aromatic N) is 2. The average Bonchev–Trinajstić information content (AvgIpc) is 2.30. The first-order chi connectivity index (χ1) is 5.65. The van der Waals surface area contributed by atoms with Crippen LogP contribution in [0.2, 0.25) is 0 Å². The average molecular weight is 170 g/mol. The van der Waals surface area contributed by atoms with Crippen molar-refractivity contribution < 1.29 is 10.2 Å². The molecule has 1 heterocycles. The van der Waals surface area contributed by atoms with Crippen LogP contribution in [0.15, 0.2) is 6.20 Å². The van der Waals surface area contributed by atoms with Gasteiger partial charge < -0.3 is 10.2 Å². The summed E-state index contributed by atoms with van der Waals surface area (Å²) in [4.78, 5) is 0. The third-order valence-electron chi connectivity index (χ3n) is 1.81. The van der Waals surface area contributed by atoms with Crippen molar-refractivity contribution in [2.45, 2.75) is 19.4 Å². The lowest BCUT2D eigenvalue weighted by molar-refractivity contribution is 0.134. The smallest absolute Gasteiger partial charge is 0.0845 e. The quantitative estimate of drug-likeness (QED) is 0.678. The van der Waals surface area contributed by atoms with E-state index in [0.29, 0.717) is 6.42 Å². The highest BCUT2D eigenvalue weighted by atomic mass is 16.3. The van der Waals surface area contributed by atoms with E-state index in [-0.39, 0.29) is 6.61 Å². The summed E-state index contributed by atoms with van der Waals surface area (Å²) in [6.45, 7) is 1.84. The van der Waals surface area contributed by atoms with Gasteiger partial charge in [-0.05, 0) is 6.92 Å². The van der Waals surface area contributed by atoms with E-state index in [0.717, 1.165) is 11.3 Å². The van der Waals surface area contributed by atoms with Crippen LogP contribution < -0.4 is 0 Å². The molecule has 2 N–H and O–H groups in total. The summed E-state index contributed by atoms with van der Waals surface area (Å²) in [5.41, 5.74) is 1.62. The summed E-state index contributed by atoms with van der Waals surface area (Å²) >= 11 is 0. The van der Waals surface area contributed by atoms with Crippen LogP contribution in [0.4, 0.5) is 0 Å². The molecule has 0 saturated carbocycles. The van der Waals surface area contributed by atoms with Gasteiger partial charge in [-0.15, -0.1) is 0 Å². The van der Waals surface area contributed by atoms with Crippen LogP contribution >= 0.6 is 0 Å². The Bertz CT molecular complexity index is 258. The Morgan fingerprint density at radius 3 is 2.75 bits per heavy atom. The van der Waals surface area contributed by atoms with Gasteiger partial charge in [-0.1, -0.05) is 0 Å². The lowest BCUT2D eigenvalue weighted by Crippen LogP contribution is -2.00. The van der Waals surface area contributed by atoms with Crippen LogP contribution in [0.1, 0.15) is 23.8 Å². The van der Waals surface area contributed by atoms with E-state index in [1.54, 1.807) is 10.9 Å². The van der Waals surface area contributed by atoms with Crippen molar-refractivity contribution in [3.8, 4) is 0 Å². The largest absolute Gasteiger partial charge is 0.396 e. The van der Waals surface area contributed by atoms with Crippen molar-refractivity contribution in [1.29, 1.82) is 0 Å². The van der Waals surface area contributed by atoms with E-state index >= 15 is 0 Å². The van der Waals surface area contributed by atoms with Crippen molar-refractivity contribution >= 4 is 0 Å². The van der Waals surface area contributed by atoms with Crippen molar-refractivity contribution in [2.75, 3.05) is 6.61 Å². The van der Waals surface area contributed by atoms with Crippen molar-refractivity contribution in [2.24, 2.45) is 7.05 Å². The second-order valence-corrected chi connectivity index (χ2v) is 2.87. The molecule has 68 valence electrons. The lowest BCUT2D eigenvalue weighted by Gasteiger charge is -2.05. The van der Waals surface area contributed by atoms with Gasteiger partial charge >= 0.3 is 0 Å². The predicted octanol–water partition coefficient (Wildman–Crippen LogP) is 0.144. The van der Waals surface area contributed by atoms with Crippen LogP contribution in [0.3, 0.4) is 0 Å². The molecule has 0 amide bonds. The van der Waals surface area contributed by atoms with Crippen molar-refractivity contribution in [1.82, 2.24) is 9.78 Å². The molecule has 0 bridgehead atoms. The third-order valence-corrected chi connectivity index (χ3v) is 1.81. The van der Waals surface area contributed by atoms with Gasteiger partial charge in [-0.2, -0.15) is 5.10 Å². The first-order valence-electron chi connectivity index (χ1n) is 3.94. The number of aryl methyl sites for hydroxylation is 2. The summed E-state index contributed by atoms with van der Waals surface area (Å²) in [6, 6.07) is 0. The summed E-state index contributed by atoms with van der Waals surface area (Å²) in [5, 5.41) is 22.2.